The molecule has 0 atom stereocenters. The summed E-state index contributed by atoms with van der Waals surface area (Å²) < 4.78 is 55.7. The van der Waals surface area contributed by atoms with E-state index in [1.165, 1.54) is 32.9 Å². The topological polar surface area (TPSA) is 104 Å². The number of anilines is 1. The van der Waals surface area contributed by atoms with Crippen LogP contribution in [0.15, 0.2) is 94.7 Å². The molecule has 1 amide bonds. The molecule has 4 rings (SSSR count). The SMILES string of the molecule is CCN(Cc1ccccc1)S(=O)(=O)c1ccc(S(=O)(=O)N(CC(=O)Nc2ccccc2)C2CC2)cc1. The van der Waals surface area contributed by atoms with Gasteiger partial charge in [-0.1, -0.05) is 55.5 Å². The summed E-state index contributed by atoms with van der Waals surface area (Å²) >= 11 is 0. The highest BCUT2D eigenvalue weighted by Gasteiger charge is 2.39. The average molecular weight is 528 g/mol. The second-order valence-electron chi connectivity index (χ2n) is 8.58. The molecule has 1 aliphatic rings. The highest BCUT2D eigenvalue weighted by molar-refractivity contribution is 7.89. The predicted molar refractivity (Wildman–Crippen MR) is 138 cm³/mol. The summed E-state index contributed by atoms with van der Waals surface area (Å²) in [6, 6.07) is 23.1. The van der Waals surface area contributed by atoms with Gasteiger partial charge >= 0.3 is 0 Å². The molecule has 1 N–H and O–H groups in total. The molecule has 0 spiro atoms. The standard InChI is InChI=1S/C26H29N3O5S2/c1-2-28(19-21-9-5-3-6-10-21)35(31,32)24-15-17-25(18-16-24)36(33,34)29(23-13-14-23)20-26(30)27-22-11-7-4-8-12-22/h3-12,15-18,23H,2,13-14,19-20H2,1H3,(H,27,30). The minimum atomic E-state index is -4.00. The zero-order valence-electron chi connectivity index (χ0n) is 19.9. The Morgan fingerprint density at radius 3 is 1.86 bits per heavy atom. The van der Waals surface area contributed by atoms with Gasteiger partial charge in [-0.25, -0.2) is 16.8 Å². The molecule has 0 aliphatic heterocycles. The van der Waals surface area contributed by atoms with Crippen LogP contribution in [0.4, 0.5) is 5.69 Å². The number of carbonyl (C=O) groups is 1. The first-order chi connectivity index (χ1) is 17.2. The molecule has 0 radical (unpaired) electrons. The first-order valence-corrected chi connectivity index (χ1v) is 14.6. The summed E-state index contributed by atoms with van der Waals surface area (Å²) in [5.74, 6) is -0.435. The highest BCUT2D eigenvalue weighted by Crippen LogP contribution is 2.32. The molecule has 0 bridgehead atoms. The molecule has 10 heteroatoms. The maximum Gasteiger partial charge on any atom is 0.243 e. The molecule has 0 aromatic heterocycles. The monoisotopic (exact) mass is 527 g/mol. The fraction of sp³-hybridized carbons (Fsp3) is 0.269. The fourth-order valence-electron chi connectivity index (χ4n) is 3.86. The Morgan fingerprint density at radius 1 is 0.806 bits per heavy atom. The Morgan fingerprint density at radius 2 is 1.33 bits per heavy atom. The van der Waals surface area contributed by atoms with Crippen molar-refractivity contribution in [2.24, 2.45) is 0 Å². The van der Waals surface area contributed by atoms with Crippen molar-refractivity contribution >= 4 is 31.6 Å². The van der Waals surface area contributed by atoms with Gasteiger partial charge in [-0.3, -0.25) is 4.79 Å². The molecule has 0 saturated heterocycles. The van der Waals surface area contributed by atoms with Crippen molar-refractivity contribution in [3.05, 3.63) is 90.5 Å². The minimum absolute atomic E-state index is 0.0130. The van der Waals surface area contributed by atoms with E-state index < -0.39 is 26.0 Å². The van der Waals surface area contributed by atoms with Gasteiger partial charge in [-0.15, -0.1) is 0 Å². The zero-order chi connectivity index (χ0) is 25.8. The zero-order valence-corrected chi connectivity index (χ0v) is 21.6. The van der Waals surface area contributed by atoms with Crippen molar-refractivity contribution in [2.45, 2.75) is 42.1 Å². The lowest BCUT2D eigenvalue weighted by molar-refractivity contribution is -0.116. The lowest BCUT2D eigenvalue weighted by atomic mass is 10.2. The number of nitrogens with one attached hydrogen (secondary N) is 1. The van der Waals surface area contributed by atoms with Crippen molar-refractivity contribution in [3.8, 4) is 0 Å². The largest absolute Gasteiger partial charge is 0.325 e. The number of para-hydroxylation sites is 1. The predicted octanol–water partition coefficient (Wildman–Crippen LogP) is 3.69. The molecule has 0 unspecified atom stereocenters. The minimum Gasteiger partial charge on any atom is -0.325 e. The normalized spacial score (nSPS) is 14.2. The molecule has 190 valence electrons. The van der Waals surface area contributed by atoms with Gasteiger partial charge in [0.25, 0.3) is 0 Å². The summed E-state index contributed by atoms with van der Waals surface area (Å²) in [5.41, 5.74) is 1.44. The van der Waals surface area contributed by atoms with Crippen LogP contribution in [0.5, 0.6) is 0 Å². The van der Waals surface area contributed by atoms with Crippen molar-refractivity contribution in [2.75, 3.05) is 18.4 Å². The van der Waals surface area contributed by atoms with E-state index in [-0.39, 0.29) is 35.5 Å². The number of hydrogen-bond acceptors (Lipinski definition) is 5. The molecular formula is C26H29N3O5S2. The van der Waals surface area contributed by atoms with Gasteiger partial charge in [-0.2, -0.15) is 8.61 Å². The van der Waals surface area contributed by atoms with Crippen LogP contribution in [-0.4, -0.2) is 50.5 Å². The fourth-order valence-corrected chi connectivity index (χ4v) is 6.94. The van der Waals surface area contributed by atoms with E-state index in [9.17, 15) is 21.6 Å². The average Bonchev–Trinajstić information content (AvgIpc) is 3.72. The van der Waals surface area contributed by atoms with Gasteiger partial charge in [0.1, 0.15) is 0 Å². The van der Waals surface area contributed by atoms with E-state index in [1.807, 2.05) is 36.4 Å². The van der Waals surface area contributed by atoms with Gasteiger partial charge < -0.3 is 5.32 Å². The molecule has 1 saturated carbocycles. The van der Waals surface area contributed by atoms with Crippen LogP contribution in [0.25, 0.3) is 0 Å². The van der Waals surface area contributed by atoms with Crippen LogP contribution in [-0.2, 0) is 31.4 Å². The van der Waals surface area contributed by atoms with Crippen molar-refractivity contribution in [3.63, 3.8) is 0 Å². The molecule has 1 aliphatic carbocycles. The molecule has 1 fully saturated rings. The van der Waals surface area contributed by atoms with Crippen LogP contribution in [0.2, 0.25) is 0 Å². The van der Waals surface area contributed by atoms with Gasteiger partial charge in [0.15, 0.2) is 0 Å². The van der Waals surface area contributed by atoms with Crippen molar-refractivity contribution < 1.29 is 21.6 Å². The van der Waals surface area contributed by atoms with Gasteiger partial charge in [-0.05, 0) is 54.8 Å². The first-order valence-electron chi connectivity index (χ1n) is 11.7. The van der Waals surface area contributed by atoms with Gasteiger partial charge in [0, 0.05) is 24.8 Å². The number of sulfonamides is 2. The third-order valence-electron chi connectivity index (χ3n) is 5.93. The number of benzene rings is 3. The van der Waals surface area contributed by atoms with Crippen LogP contribution in [0.1, 0.15) is 25.3 Å². The molecule has 0 heterocycles. The number of carbonyl (C=O) groups excluding carboxylic acids is 1. The number of nitrogens with zero attached hydrogens (tertiary/aromatic N) is 2. The second kappa shape index (κ2) is 10.9. The second-order valence-corrected chi connectivity index (χ2v) is 12.4. The van der Waals surface area contributed by atoms with Crippen LogP contribution in [0, 0.1) is 0 Å². The third-order valence-corrected chi connectivity index (χ3v) is 9.78. The van der Waals surface area contributed by atoms with E-state index in [4.69, 9.17) is 0 Å². The lowest BCUT2D eigenvalue weighted by Crippen LogP contribution is -2.39. The summed E-state index contributed by atoms with van der Waals surface area (Å²) in [5, 5.41) is 2.72. The Bertz CT molecular complexity index is 1390. The smallest absolute Gasteiger partial charge is 0.243 e. The number of rotatable bonds is 11. The molecule has 3 aromatic rings. The maximum absolute atomic E-state index is 13.4. The summed E-state index contributed by atoms with van der Waals surface area (Å²) in [7, 11) is -7.83. The van der Waals surface area contributed by atoms with E-state index in [0.717, 1.165) is 5.56 Å². The van der Waals surface area contributed by atoms with Gasteiger partial charge in [0.05, 0.1) is 16.3 Å². The number of hydrogen-bond donors (Lipinski definition) is 1. The Balaban J connectivity index is 1.51. The Labute approximate surface area is 212 Å². The van der Waals surface area contributed by atoms with Crippen LogP contribution < -0.4 is 5.32 Å². The highest BCUT2D eigenvalue weighted by atomic mass is 32.2. The van der Waals surface area contributed by atoms with Crippen molar-refractivity contribution in [1.82, 2.24) is 8.61 Å². The first kappa shape index (κ1) is 26.0. The van der Waals surface area contributed by atoms with E-state index in [2.05, 4.69) is 5.32 Å². The van der Waals surface area contributed by atoms with Crippen LogP contribution >= 0.6 is 0 Å². The van der Waals surface area contributed by atoms with E-state index in [0.29, 0.717) is 18.5 Å². The van der Waals surface area contributed by atoms with E-state index >= 15 is 0 Å². The Hall–Kier alpha value is -3.05. The Kier molecular flexibility index (Phi) is 7.89. The van der Waals surface area contributed by atoms with Gasteiger partial charge in [0.2, 0.25) is 26.0 Å². The third kappa shape index (κ3) is 6.01. The number of amides is 1. The summed E-state index contributed by atoms with van der Waals surface area (Å²) in [6.07, 6.45) is 1.35. The van der Waals surface area contributed by atoms with Crippen LogP contribution in [0.3, 0.4) is 0 Å². The molecule has 3 aromatic carbocycles. The van der Waals surface area contributed by atoms with E-state index in [1.54, 1.807) is 31.2 Å². The molecular weight excluding hydrogens is 498 g/mol. The maximum atomic E-state index is 13.4. The summed E-state index contributed by atoms with van der Waals surface area (Å²) in [4.78, 5) is 12.5. The quantitative estimate of drug-likeness (QED) is 0.410. The van der Waals surface area contributed by atoms with Crippen molar-refractivity contribution in [1.29, 1.82) is 0 Å². The molecule has 36 heavy (non-hydrogen) atoms. The lowest BCUT2D eigenvalue weighted by Gasteiger charge is -2.23. The molecule has 8 nitrogen and oxygen atoms in total. The summed E-state index contributed by atoms with van der Waals surface area (Å²) in [6.45, 7) is 1.92.